The minimum absolute atomic E-state index is 0.292. The van der Waals surface area contributed by atoms with Crippen molar-refractivity contribution in [2.24, 2.45) is 0 Å². The van der Waals surface area contributed by atoms with Crippen LogP contribution in [0.25, 0.3) is 11.1 Å². The van der Waals surface area contributed by atoms with Crippen LogP contribution in [0.5, 0.6) is 0 Å². The third-order valence-electron chi connectivity index (χ3n) is 5.17. The summed E-state index contributed by atoms with van der Waals surface area (Å²) in [7, 11) is 4.04. The molecule has 25 heavy (non-hydrogen) atoms. The van der Waals surface area contributed by atoms with Crippen molar-refractivity contribution in [2.75, 3.05) is 20.6 Å². The van der Waals surface area contributed by atoms with E-state index in [1.54, 1.807) is 0 Å². The number of aliphatic carboxylic acids is 1. The van der Waals surface area contributed by atoms with Crippen LogP contribution in [0, 0.1) is 6.92 Å². The Kier molecular flexibility index (Phi) is 5.21. The molecule has 0 aliphatic carbocycles. The summed E-state index contributed by atoms with van der Waals surface area (Å²) in [4.78, 5) is 15.9. The molecule has 0 saturated carbocycles. The summed E-state index contributed by atoms with van der Waals surface area (Å²) in [6, 6.07) is 16.7. The molecule has 0 aromatic heterocycles. The minimum Gasteiger partial charge on any atom is -0.480 e. The zero-order valence-electron chi connectivity index (χ0n) is 15.1. The molecule has 1 fully saturated rings. The summed E-state index contributed by atoms with van der Waals surface area (Å²) in [5.74, 6) is -0.723. The van der Waals surface area contributed by atoms with Gasteiger partial charge in [0.05, 0.1) is 0 Å². The van der Waals surface area contributed by atoms with Gasteiger partial charge in [-0.25, -0.2) is 0 Å². The Hall–Kier alpha value is -2.17. The number of likely N-dealkylation sites (N-methyl/N-ethyl adjacent to an activating group) is 1. The Morgan fingerprint density at radius 1 is 1.20 bits per heavy atom. The van der Waals surface area contributed by atoms with Gasteiger partial charge in [-0.3, -0.25) is 9.69 Å². The monoisotopic (exact) mass is 338 g/mol. The SMILES string of the molecule is Cc1ccccc1-c1cccc(CN2C[C@H](N(C)C)C[C@H]2C(=O)O)c1. The molecule has 0 unspecified atom stereocenters. The Bertz CT molecular complexity index is 757. The number of nitrogens with zero attached hydrogens (tertiary/aromatic N) is 2. The number of aryl methyl sites for hydroxylation is 1. The smallest absolute Gasteiger partial charge is 0.320 e. The topological polar surface area (TPSA) is 43.8 Å². The third-order valence-corrected chi connectivity index (χ3v) is 5.17. The molecule has 2 atom stereocenters. The molecular weight excluding hydrogens is 312 g/mol. The maximum atomic E-state index is 11.6. The zero-order valence-corrected chi connectivity index (χ0v) is 15.1. The molecule has 3 rings (SSSR count). The first-order chi connectivity index (χ1) is 12.0. The Labute approximate surface area is 149 Å². The largest absolute Gasteiger partial charge is 0.480 e. The molecule has 2 aromatic rings. The molecule has 1 saturated heterocycles. The highest BCUT2D eigenvalue weighted by molar-refractivity contribution is 5.74. The van der Waals surface area contributed by atoms with Crippen molar-refractivity contribution < 1.29 is 9.90 Å². The van der Waals surface area contributed by atoms with E-state index in [4.69, 9.17) is 0 Å². The molecule has 0 radical (unpaired) electrons. The quantitative estimate of drug-likeness (QED) is 0.909. The fourth-order valence-electron chi connectivity index (χ4n) is 3.65. The lowest BCUT2D eigenvalue weighted by Crippen LogP contribution is -2.35. The molecule has 1 aliphatic rings. The predicted octanol–water partition coefficient (Wildman–Crippen LogP) is 3.25. The minimum atomic E-state index is -0.723. The lowest BCUT2D eigenvalue weighted by atomic mass is 9.99. The number of rotatable bonds is 5. The van der Waals surface area contributed by atoms with E-state index >= 15 is 0 Å². The molecule has 1 N–H and O–H groups in total. The second-order valence-electron chi connectivity index (χ2n) is 7.15. The fourth-order valence-corrected chi connectivity index (χ4v) is 3.65. The summed E-state index contributed by atoms with van der Waals surface area (Å²) in [6.07, 6.45) is 0.680. The summed E-state index contributed by atoms with van der Waals surface area (Å²) < 4.78 is 0. The molecule has 2 aromatic carbocycles. The molecule has 1 heterocycles. The number of carbonyl (C=O) groups is 1. The summed E-state index contributed by atoms with van der Waals surface area (Å²) in [5.41, 5.74) is 4.82. The fraction of sp³-hybridized carbons (Fsp3) is 0.381. The van der Waals surface area contributed by atoms with Gasteiger partial charge in [-0.15, -0.1) is 0 Å². The van der Waals surface area contributed by atoms with Gasteiger partial charge in [0.2, 0.25) is 0 Å². The van der Waals surface area contributed by atoms with E-state index in [1.165, 1.54) is 16.7 Å². The second-order valence-corrected chi connectivity index (χ2v) is 7.15. The van der Waals surface area contributed by atoms with Gasteiger partial charge in [0.25, 0.3) is 0 Å². The van der Waals surface area contributed by atoms with Crippen molar-refractivity contribution in [2.45, 2.75) is 32.0 Å². The highest BCUT2D eigenvalue weighted by atomic mass is 16.4. The zero-order chi connectivity index (χ0) is 18.0. The van der Waals surface area contributed by atoms with Crippen molar-refractivity contribution in [3.8, 4) is 11.1 Å². The van der Waals surface area contributed by atoms with Gasteiger partial charge >= 0.3 is 5.97 Å². The molecule has 4 heteroatoms. The molecule has 0 bridgehead atoms. The van der Waals surface area contributed by atoms with Gasteiger partial charge < -0.3 is 10.0 Å². The van der Waals surface area contributed by atoms with Crippen LogP contribution < -0.4 is 0 Å². The van der Waals surface area contributed by atoms with Crippen LogP contribution in [0.15, 0.2) is 48.5 Å². The van der Waals surface area contributed by atoms with Crippen LogP contribution in [-0.4, -0.2) is 53.6 Å². The van der Waals surface area contributed by atoms with E-state index in [0.717, 1.165) is 12.1 Å². The molecular formula is C21H26N2O2. The average Bonchev–Trinajstić information content (AvgIpc) is 3.00. The first-order valence-corrected chi connectivity index (χ1v) is 8.74. The van der Waals surface area contributed by atoms with E-state index in [0.29, 0.717) is 19.0 Å². The maximum absolute atomic E-state index is 11.6. The standard InChI is InChI=1S/C21H26N2O2/c1-15-7-4-5-10-19(15)17-9-6-8-16(11-17)13-23-14-18(22(2)3)12-20(23)21(24)25/h4-11,18,20H,12-14H2,1-3H3,(H,24,25)/t18-,20+/m1/s1. The summed E-state index contributed by atoms with van der Waals surface area (Å²) in [6.45, 7) is 3.57. The Morgan fingerprint density at radius 3 is 2.64 bits per heavy atom. The van der Waals surface area contributed by atoms with Crippen LogP contribution in [0.3, 0.4) is 0 Å². The summed E-state index contributed by atoms with van der Waals surface area (Å²) in [5, 5.41) is 9.57. The number of hydrogen-bond acceptors (Lipinski definition) is 3. The molecule has 132 valence electrons. The molecule has 1 aliphatic heterocycles. The van der Waals surface area contributed by atoms with Gasteiger partial charge in [-0.1, -0.05) is 42.5 Å². The first kappa shape index (κ1) is 17.6. The number of likely N-dealkylation sites (tertiary alicyclic amines) is 1. The number of carboxylic acid groups (broad SMARTS) is 1. The number of hydrogen-bond donors (Lipinski definition) is 1. The van der Waals surface area contributed by atoms with Gasteiger partial charge in [-0.2, -0.15) is 0 Å². The van der Waals surface area contributed by atoms with Crippen molar-refractivity contribution in [1.29, 1.82) is 0 Å². The predicted molar refractivity (Wildman–Crippen MR) is 101 cm³/mol. The van der Waals surface area contributed by atoms with Crippen LogP contribution in [-0.2, 0) is 11.3 Å². The maximum Gasteiger partial charge on any atom is 0.320 e. The number of carboxylic acids is 1. The average molecular weight is 338 g/mol. The van der Waals surface area contributed by atoms with E-state index in [1.807, 2.05) is 20.2 Å². The molecule has 0 amide bonds. The highest BCUT2D eigenvalue weighted by Crippen LogP contribution is 2.27. The van der Waals surface area contributed by atoms with Gasteiger partial charge in [-0.05, 0) is 55.8 Å². The highest BCUT2D eigenvalue weighted by Gasteiger charge is 2.37. The van der Waals surface area contributed by atoms with E-state index in [2.05, 4.69) is 59.2 Å². The van der Waals surface area contributed by atoms with Crippen LogP contribution in [0.4, 0.5) is 0 Å². The van der Waals surface area contributed by atoms with Crippen molar-refractivity contribution >= 4 is 5.97 Å². The number of benzene rings is 2. The van der Waals surface area contributed by atoms with E-state index in [9.17, 15) is 9.90 Å². The van der Waals surface area contributed by atoms with E-state index < -0.39 is 12.0 Å². The molecule has 4 nitrogen and oxygen atoms in total. The van der Waals surface area contributed by atoms with Crippen LogP contribution in [0.2, 0.25) is 0 Å². The Balaban J connectivity index is 1.82. The second kappa shape index (κ2) is 7.38. The normalized spacial score (nSPS) is 21.0. The van der Waals surface area contributed by atoms with Crippen LogP contribution in [0.1, 0.15) is 17.5 Å². The first-order valence-electron chi connectivity index (χ1n) is 8.74. The van der Waals surface area contributed by atoms with Crippen molar-refractivity contribution in [3.05, 3.63) is 59.7 Å². The van der Waals surface area contributed by atoms with Crippen molar-refractivity contribution in [3.63, 3.8) is 0 Å². The lowest BCUT2D eigenvalue weighted by molar-refractivity contribution is -0.142. The third kappa shape index (κ3) is 3.91. The Morgan fingerprint density at radius 2 is 1.96 bits per heavy atom. The van der Waals surface area contributed by atoms with Crippen LogP contribution >= 0.6 is 0 Å². The van der Waals surface area contributed by atoms with Gasteiger partial charge in [0, 0.05) is 19.1 Å². The van der Waals surface area contributed by atoms with E-state index in [-0.39, 0.29) is 0 Å². The van der Waals surface area contributed by atoms with Gasteiger partial charge in [0.15, 0.2) is 0 Å². The molecule has 0 spiro atoms. The summed E-state index contributed by atoms with van der Waals surface area (Å²) >= 11 is 0. The van der Waals surface area contributed by atoms with Crippen molar-refractivity contribution in [1.82, 2.24) is 9.80 Å². The van der Waals surface area contributed by atoms with Gasteiger partial charge in [0.1, 0.15) is 6.04 Å². The lowest BCUT2D eigenvalue weighted by Gasteiger charge is -2.22.